The number of hydrogen-bond donors (Lipinski definition) is 2. The van der Waals surface area contributed by atoms with Crippen LogP contribution in [0.4, 0.5) is 0 Å². The van der Waals surface area contributed by atoms with Gasteiger partial charge in [0.25, 0.3) is 5.91 Å². The molecule has 0 saturated carbocycles. The molecule has 1 amide bonds. The van der Waals surface area contributed by atoms with Crippen LogP contribution in [0.15, 0.2) is 11.4 Å². The molecule has 0 aliphatic carbocycles. The van der Waals surface area contributed by atoms with Crippen LogP contribution in [-0.2, 0) is 4.79 Å². The third-order valence-electron chi connectivity index (χ3n) is 2.68. The molecule has 1 heterocycles. The lowest BCUT2D eigenvalue weighted by Crippen LogP contribution is -2.52. The average Bonchev–Trinajstić information content (AvgIpc) is 2.64. The molecular weight excluding hydrogens is 238 g/mol. The summed E-state index contributed by atoms with van der Waals surface area (Å²) in [5.41, 5.74) is -0.320. The third-order valence-corrected chi connectivity index (χ3v) is 3.70. The summed E-state index contributed by atoms with van der Waals surface area (Å²) in [5.74, 6) is -1.31. The van der Waals surface area contributed by atoms with Crippen molar-refractivity contribution in [1.29, 1.82) is 0 Å². The quantitative estimate of drug-likeness (QED) is 0.849. The lowest BCUT2D eigenvalue weighted by atomic mass is 9.96. The maximum absolute atomic E-state index is 12.0. The van der Waals surface area contributed by atoms with Crippen molar-refractivity contribution in [1.82, 2.24) is 5.32 Å². The van der Waals surface area contributed by atoms with E-state index in [0.29, 0.717) is 17.7 Å². The molecule has 0 saturated heterocycles. The molecule has 2 N–H and O–H groups in total. The maximum Gasteiger partial charge on any atom is 0.329 e. The van der Waals surface area contributed by atoms with Gasteiger partial charge in [0.05, 0.1) is 4.88 Å². The zero-order valence-corrected chi connectivity index (χ0v) is 11.1. The summed E-state index contributed by atoms with van der Waals surface area (Å²) in [6.07, 6.45) is 1.12. The number of hydrogen-bond acceptors (Lipinski definition) is 3. The molecule has 1 aromatic rings. The number of aliphatic carboxylic acids is 1. The van der Waals surface area contributed by atoms with Crippen LogP contribution in [-0.4, -0.2) is 22.5 Å². The van der Waals surface area contributed by atoms with Crippen LogP contribution in [0.2, 0.25) is 0 Å². The first kappa shape index (κ1) is 13.7. The number of nitrogens with one attached hydrogen (secondary N) is 1. The van der Waals surface area contributed by atoms with Gasteiger partial charge in [-0.2, -0.15) is 0 Å². The Labute approximate surface area is 105 Å². The Balaban J connectivity index is 2.85. The van der Waals surface area contributed by atoms with Crippen molar-refractivity contribution in [3.05, 3.63) is 21.9 Å². The molecule has 0 radical (unpaired) electrons. The number of amides is 1. The summed E-state index contributed by atoms with van der Waals surface area (Å²) in [6, 6.07) is 1.84. The van der Waals surface area contributed by atoms with Gasteiger partial charge in [-0.15, -0.1) is 11.3 Å². The second kappa shape index (κ2) is 5.31. The molecule has 94 valence electrons. The zero-order chi connectivity index (χ0) is 13.1. The van der Waals surface area contributed by atoms with Crippen LogP contribution in [0.3, 0.4) is 0 Å². The molecule has 1 rings (SSSR count). The van der Waals surface area contributed by atoms with Crippen LogP contribution in [0.5, 0.6) is 0 Å². The number of carbonyl (C=O) groups excluding carboxylic acids is 1. The van der Waals surface area contributed by atoms with Crippen molar-refractivity contribution in [2.45, 2.75) is 39.2 Å². The van der Waals surface area contributed by atoms with E-state index in [2.05, 4.69) is 5.32 Å². The van der Waals surface area contributed by atoms with E-state index in [4.69, 9.17) is 5.11 Å². The molecule has 1 unspecified atom stereocenters. The van der Waals surface area contributed by atoms with Crippen molar-refractivity contribution in [2.24, 2.45) is 0 Å². The molecule has 1 aromatic heterocycles. The Morgan fingerprint density at radius 1 is 1.53 bits per heavy atom. The maximum atomic E-state index is 12.0. The van der Waals surface area contributed by atoms with Gasteiger partial charge in [-0.1, -0.05) is 13.3 Å². The summed E-state index contributed by atoms with van der Waals surface area (Å²) in [7, 11) is 0. The Kier molecular flexibility index (Phi) is 4.28. The molecule has 0 fully saturated rings. The first-order valence-electron chi connectivity index (χ1n) is 5.50. The Hall–Kier alpha value is -1.36. The van der Waals surface area contributed by atoms with E-state index in [1.54, 1.807) is 6.92 Å². The van der Waals surface area contributed by atoms with Gasteiger partial charge >= 0.3 is 5.97 Å². The van der Waals surface area contributed by atoms with E-state index in [9.17, 15) is 9.59 Å². The van der Waals surface area contributed by atoms with Crippen molar-refractivity contribution in [2.75, 3.05) is 0 Å². The SMILES string of the molecule is CCCC(C)(NC(=O)c1sccc1C)C(=O)O. The Morgan fingerprint density at radius 2 is 2.18 bits per heavy atom. The number of rotatable bonds is 5. The van der Waals surface area contributed by atoms with E-state index in [0.717, 1.165) is 5.56 Å². The van der Waals surface area contributed by atoms with Crippen LogP contribution in [0, 0.1) is 6.92 Å². The fourth-order valence-corrected chi connectivity index (χ4v) is 2.46. The molecule has 0 aliphatic heterocycles. The highest BCUT2D eigenvalue weighted by molar-refractivity contribution is 7.12. The molecule has 0 bridgehead atoms. The summed E-state index contributed by atoms with van der Waals surface area (Å²) in [5, 5.41) is 13.6. The molecule has 4 nitrogen and oxygen atoms in total. The normalized spacial score (nSPS) is 14.1. The summed E-state index contributed by atoms with van der Waals surface area (Å²) >= 11 is 1.32. The first-order valence-corrected chi connectivity index (χ1v) is 6.38. The van der Waals surface area contributed by atoms with Gasteiger partial charge in [0.1, 0.15) is 5.54 Å². The minimum atomic E-state index is -1.19. The van der Waals surface area contributed by atoms with Crippen molar-refractivity contribution < 1.29 is 14.7 Å². The summed E-state index contributed by atoms with van der Waals surface area (Å²) in [6.45, 7) is 5.27. The van der Waals surface area contributed by atoms with E-state index < -0.39 is 11.5 Å². The zero-order valence-electron chi connectivity index (χ0n) is 10.2. The van der Waals surface area contributed by atoms with Gasteiger partial charge in [-0.05, 0) is 37.3 Å². The van der Waals surface area contributed by atoms with Crippen LogP contribution >= 0.6 is 11.3 Å². The van der Waals surface area contributed by atoms with Gasteiger partial charge in [0.2, 0.25) is 0 Å². The molecule has 5 heteroatoms. The van der Waals surface area contributed by atoms with E-state index in [-0.39, 0.29) is 5.91 Å². The van der Waals surface area contributed by atoms with Crippen LogP contribution in [0.25, 0.3) is 0 Å². The largest absolute Gasteiger partial charge is 0.480 e. The third kappa shape index (κ3) is 3.06. The minimum Gasteiger partial charge on any atom is -0.480 e. The predicted molar refractivity (Wildman–Crippen MR) is 67.5 cm³/mol. The minimum absolute atomic E-state index is 0.309. The van der Waals surface area contributed by atoms with Crippen LogP contribution in [0.1, 0.15) is 41.9 Å². The standard InChI is InChI=1S/C12H17NO3S/c1-4-6-12(3,11(15)16)13-10(14)9-8(2)5-7-17-9/h5,7H,4,6H2,1-3H3,(H,13,14)(H,15,16). The molecule has 17 heavy (non-hydrogen) atoms. The lowest BCUT2D eigenvalue weighted by Gasteiger charge is -2.25. The summed E-state index contributed by atoms with van der Waals surface area (Å²) in [4.78, 5) is 23.7. The molecule has 0 aromatic carbocycles. The van der Waals surface area contributed by atoms with Gasteiger partial charge in [0.15, 0.2) is 0 Å². The van der Waals surface area contributed by atoms with Gasteiger partial charge < -0.3 is 10.4 Å². The number of carbonyl (C=O) groups is 2. The topological polar surface area (TPSA) is 66.4 Å². The molecular formula is C12H17NO3S. The highest BCUT2D eigenvalue weighted by Gasteiger charge is 2.34. The molecule has 0 spiro atoms. The van der Waals surface area contributed by atoms with Crippen molar-refractivity contribution in [3.8, 4) is 0 Å². The fourth-order valence-electron chi connectivity index (χ4n) is 1.64. The highest BCUT2D eigenvalue weighted by Crippen LogP contribution is 2.19. The summed E-state index contributed by atoms with van der Waals surface area (Å²) < 4.78 is 0. The van der Waals surface area contributed by atoms with E-state index in [1.807, 2.05) is 25.3 Å². The first-order chi connectivity index (χ1) is 7.90. The highest BCUT2D eigenvalue weighted by atomic mass is 32.1. The average molecular weight is 255 g/mol. The van der Waals surface area contributed by atoms with Gasteiger partial charge in [0, 0.05) is 0 Å². The number of carboxylic acid groups (broad SMARTS) is 1. The number of carboxylic acids is 1. The van der Waals surface area contributed by atoms with Crippen molar-refractivity contribution >= 4 is 23.2 Å². The number of aryl methyl sites for hydroxylation is 1. The smallest absolute Gasteiger partial charge is 0.329 e. The second-order valence-corrected chi connectivity index (χ2v) is 5.19. The predicted octanol–water partition coefficient (Wildman–Crippen LogP) is 2.43. The van der Waals surface area contributed by atoms with Crippen molar-refractivity contribution in [3.63, 3.8) is 0 Å². The molecule has 0 aliphatic rings. The van der Waals surface area contributed by atoms with E-state index in [1.165, 1.54) is 11.3 Å². The van der Waals surface area contributed by atoms with E-state index >= 15 is 0 Å². The van der Waals surface area contributed by atoms with Gasteiger partial charge in [-0.25, -0.2) is 4.79 Å². The lowest BCUT2D eigenvalue weighted by molar-refractivity contribution is -0.144. The monoisotopic (exact) mass is 255 g/mol. The fraction of sp³-hybridized carbons (Fsp3) is 0.500. The number of thiophene rings is 1. The Morgan fingerprint density at radius 3 is 2.59 bits per heavy atom. The van der Waals surface area contributed by atoms with Crippen LogP contribution < -0.4 is 5.32 Å². The van der Waals surface area contributed by atoms with Gasteiger partial charge in [-0.3, -0.25) is 4.79 Å². The second-order valence-electron chi connectivity index (χ2n) is 4.27. The Bertz CT molecular complexity index is 427. The molecule has 1 atom stereocenters.